The lowest BCUT2D eigenvalue weighted by molar-refractivity contribution is 0.0691. The Balaban J connectivity index is 0.000000137. The van der Waals surface area contributed by atoms with Crippen LogP contribution in [0.25, 0.3) is 32.9 Å². The summed E-state index contributed by atoms with van der Waals surface area (Å²) in [6.45, 7) is 0. The predicted octanol–water partition coefficient (Wildman–Crippen LogP) is 6.79. The molecule has 0 radical (unpaired) electrons. The lowest BCUT2D eigenvalue weighted by atomic mass is 10.0. The number of hydrogen-bond acceptors (Lipinski definition) is 5. The van der Waals surface area contributed by atoms with Gasteiger partial charge in [0.15, 0.2) is 0 Å². The highest BCUT2D eigenvalue weighted by atomic mass is 16.4. The molecule has 6 aromatic rings. The van der Waals surface area contributed by atoms with Gasteiger partial charge in [0.25, 0.3) is 0 Å². The van der Waals surface area contributed by atoms with Crippen LogP contribution in [0.2, 0.25) is 0 Å². The van der Waals surface area contributed by atoms with E-state index in [9.17, 15) is 4.79 Å². The highest BCUT2D eigenvalue weighted by Crippen LogP contribution is 2.25. The first kappa shape index (κ1) is 24.7. The third kappa shape index (κ3) is 6.59. The van der Waals surface area contributed by atoms with Crippen molar-refractivity contribution in [1.29, 1.82) is 5.26 Å². The molecule has 6 heteroatoms. The van der Waals surface area contributed by atoms with Crippen LogP contribution >= 0.6 is 0 Å². The van der Waals surface area contributed by atoms with Gasteiger partial charge in [-0.1, -0.05) is 78.9 Å². The number of rotatable bonds is 2. The first-order valence-corrected chi connectivity index (χ1v) is 11.4. The Labute approximate surface area is 214 Å². The minimum atomic E-state index is -0.995. The smallest absolute Gasteiger partial charge is 0.354 e. The topological polar surface area (TPSA) is 99.8 Å². The van der Waals surface area contributed by atoms with Gasteiger partial charge in [0.2, 0.25) is 0 Å². The normalized spacial score (nSPS) is 9.81. The molecule has 3 aromatic carbocycles. The number of benzene rings is 3. The van der Waals surface area contributed by atoms with Gasteiger partial charge in [-0.15, -0.1) is 0 Å². The van der Waals surface area contributed by atoms with Crippen LogP contribution in [0.1, 0.15) is 16.1 Å². The van der Waals surface area contributed by atoms with Gasteiger partial charge in [0.05, 0.1) is 16.8 Å². The fourth-order valence-electron chi connectivity index (χ4n) is 3.56. The number of aromatic nitrogens is 3. The summed E-state index contributed by atoms with van der Waals surface area (Å²) in [7, 11) is 0. The number of carboxylic acid groups (broad SMARTS) is 1. The van der Waals surface area contributed by atoms with E-state index in [1.54, 1.807) is 30.5 Å². The molecular formula is C31H22N4O2. The Hall–Kier alpha value is -5.41. The number of carboxylic acids is 1. The highest BCUT2D eigenvalue weighted by Gasteiger charge is 2.04. The third-order valence-electron chi connectivity index (χ3n) is 5.33. The van der Waals surface area contributed by atoms with Crippen LogP contribution in [0.4, 0.5) is 0 Å². The van der Waals surface area contributed by atoms with Crippen molar-refractivity contribution in [3.05, 3.63) is 139 Å². The molecule has 3 aromatic heterocycles. The van der Waals surface area contributed by atoms with Gasteiger partial charge in [-0.2, -0.15) is 5.26 Å². The molecule has 6 rings (SSSR count). The van der Waals surface area contributed by atoms with Gasteiger partial charge < -0.3 is 5.11 Å². The van der Waals surface area contributed by atoms with Crippen LogP contribution in [0.3, 0.4) is 0 Å². The Kier molecular flexibility index (Phi) is 8.24. The molecule has 0 aliphatic heterocycles. The van der Waals surface area contributed by atoms with Gasteiger partial charge in [-0.25, -0.2) is 9.78 Å². The summed E-state index contributed by atoms with van der Waals surface area (Å²) < 4.78 is 0. The Morgan fingerprint density at radius 2 is 1.46 bits per heavy atom. The second-order valence-electron chi connectivity index (χ2n) is 7.79. The van der Waals surface area contributed by atoms with Crippen LogP contribution in [-0.4, -0.2) is 26.0 Å². The number of nitrogens with zero attached hydrogens (tertiary/aromatic N) is 4. The van der Waals surface area contributed by atoms with E-state index in [1.165, 1.54) is 28.6 Å². The first-order chi connectivity index (χ1) is 18.2. The van der Waals surface area contributed by atoms with Crippen molar-refractivity contribution in [1.82, 2.24) is 15.0 Å². The van der Waals surface area contributed by atoms with Crippen molar-refractivity contribution >= 4 is 27.6 Å². The lowest BCUT2D eigenvalue weighted by Gasteiger charge is -2.04. The van der Waals surface area contributed by atoms with E-state index in [2.05, 4.69) is 51.4 Å². The number of para-hydroxylation sites is 1. The minimum absolute atomic E-state index is 0.0821. The summed E-state index contributed by atoms with van der Waals surface area (Å²) in [5.41, 5.74) is 3.62. The maximum Gasteiger partial charge on any atom is 0.354 e. The average molecular weight is 483 g/mol. The number of nitriles is 1. The van der Waals surface area contributed by atoms with Crippen molar-refractivity contribution in [2.75, 3.05) is 0 Å². The molecule has 0 aliphatic carbocycles. The zero-order valence-electron chi connectivity index (χ0n) is 19.8. The van der Waals surface area contributed by atoms with E-state index in [4.69, 9.17) is 10.4 Å². The van der Waals surface area contributed by atoms with Crippen molar-refractivity contribution < 1.29 is 9.90 Å². The Morgan fingerprint density at radius 1 is 0.730 bits per heavy atom. The highest BCUT2D eigenvalue weighted by molar-refractivity contribution is 5.94. The molecule has 6 nitrogen and oxygen atoms in total. The maximum absolute atomic E-state index is 10.6. The van der Waals surface area contributed by atoms with Crippen LogP contribution in [-0.2, 0) is 0 Å². The van der Waals surface area contributed by atoms with Gasteiger partial charge in [0, 0.05) is 34.9 Å². The molecule has 178 valence electrons. The number of hydrogen-bond donors (Lipinski definition) is 1. The average Bonchev–Trinajstić information content (AvgIpc) is 2.98. The van der Waals surface area contributed by atoms with E-state index >= 15 is 0 Å². The maximum atomic E-state index is 10.6. The molecule has 0 amide bonds. The summed E-state index contributed by atoms with van der Waals surface area (Å²) in [5.74, 6) is -0.995. The molecule has 3 heterocycles. The van der Waals surface area contributed by atoms with E-state index in [-0.39, 0.29) is 5.69 Å². The second-order valence-corrected chi connectivity index (χ2v) is 7.79. The summed E-state index contributed by atoms with van der Waals surface area (Å²) in [5, 5.41) is 20.3. The number of aromatic carboxylic acids is 1. The molecule has 0 spiro atoms. The quantitative estimate of drug-likeness (QED) is 0.292. The Morgan fingerprint density at radius 3 is 2.16 bits per heavy atom. The number of carbonyl (C=O) groups is 1. The van der Waals surface area contributed by atoms with Gasteiger partial charge in [0.1, 0.15) is 11.8 Å². The molecule has 0 unspecified atom stereocenters. The first-order valence-electron chi connectivity index (χ1n) is 11.4. The molecule has 0 bridgehead atoms. The zero-order chi connectivity index (χ0) is 25.9. The largest absolute Gasteiger partial charge is 0.477 e. The van der Waals surface area contributed by atoms with Gasteiger partial charge in [-0.3, -0.25) is 9.97 Å². The van der Waals surface area contributed by atoms with E-state index in [0.29, 0.717) is 11.1 Å². The van der Waals surface area contributed by atoms with Crippen molar-refractivity contribution in [3.63, 3.8) is 0 Å². The molecule has 0 saturated heterocycles. The fourth-order valence-corrected chi connectivity index (χ4v) is 3.56. The Bertz CT molecular complexity index is 1660. The number of fused-ring (bicyclic) bond motifs is 2. The molecule has 1 N–H and O–H groups in total. The minimum Gasteiger partial charge on any atom is -0.477 e. The van der Waals surface area contributed by atoms with E-state index in [0.717, 1.165) is 11.1 Å². The fraction of sp³-hybridized carbons (Fsp3) is 0. The molecule has 37 heavy (non-hydrogen) atoms. The molecule has 0 saturated carbocycles. The predicted molar refractivity (Wildman–Crippen MR) is 145 cm³/mol. The van der Waals surface area contributed by atoms with Crippen LogP contribution < -0.4 is 0 Å². The van der Waals surface area contributed by atoms with Crippen molar-refractivity contribution in [2.24, 2.45) is 0 Å². The van der Waals surface area contributed by atoms with Crippen molar-refractivity contribution in [3.8, 4) is 17.3 Å². The summed E-state index contributed by atoms with van der Waals surface area (Å²) in [4.78, 5) is 22.8. The lowest BCUT2D eigenvalue weighted by Crippen LogP contribution is -1.99. The molecule has 0 fully saturated rings. The van der Waals surface area contributed by atoms with Crippen LogP contribution in [0.15, 0.2) is 128 Å². The summed E-state index contributed by atoms with van der Waals surface area (Å²) in [6, 6.07) is 36.8. The van der Waals surface area contributed by atoms with E-state index in [1.807, 2.05) is 54.7 Å². The van der Waals surface area contributed by atoms with Gasteiger partial charge in [-0.05, 0) is 35.7 Å². The van der Waals surface area contributed by atoms with Crippen LogP contribution in [0.5, 0.6) is 0 Å². The molecule has 0 aliphatic rings. The SMILES string of the molecule is N#Cc1cccnc1.O=C(O)c1ccc2ccccc2n1.c1ccc(-c2nccc3ccccc23)cc1. The second kappa shape index (κ2) is 12.3. The van der Waals surface area contributed by atoms with Gasteiger partial charge >= 0.3 is 5.97 Å². The molecular weight excluding hydrogens is 460 g/mol. The summed E-state index contributed by atoms with van der Waals surface area (Å²) >= 11 is 0. The zero-order valence-corrected chi connectivity index (χ0v) is 19.8. The third-order valence-corrected chi connectivity index (χ3v) is 5.33. The number of pyridine rings is 3. The molecule has 0 atom stereocenters. The van der Waals surface area contributed by atoms with E-state index < -0.39 is 5.97 Å². The summed E-state index contributed by atoms with van der Waals surface area (Å²) in [6.07, 6.45) is 5.03. The van der Waals surface area contributed by atoms with Crippen LogP contribution in [0, 0.1) is 11.3 Å². The standard InChI is InChI=1S/C15H11N.C10H7NO2.C6H4N2/c1-2-7-13(8-3-1)15-14-9-5-4-6-12(14)10-11-16-15;12-10(13)9-6-5-7-3-1-2-4-8(7)11-9;7-4-6-2-1-3-8-5-6/h1-11H;1-6H,(H,12,13);1-3,5H. The monoisotopic (exact) mass is 482 g/mol. The van der Waals surface area contributed by atoms with Crippen molar-refractivity contribution in [2.45, 2.75) is 0 Å².